The fourth-order valence-corrected chi connectivity index (χ4v) is 4.14. The third-order valence-corrected chi connectivity index (χ3v) is 5.80. The molecule has 1 aromatic carbocycles. The summed E-state index contributed by atoms with van der Waals surface area (Å²) in [5.74, 6) is 0. The first-order chi connectivity index (χ1) is 10.9. The number of sulfonamides is 1. The Morgan fingerprint density at radius 3 is 2.52 bits per heavy atom. The maximum atomic E-state index is 12.9. The van der Waals surface area contributed by atoms with E-state index < -0.39 is 10.0 Å². The summed E-state index contributed by atoms with van der Waals surface area (Å²) in [6.07, 6.45) is 3.85. The summed E-state index contributed by atoms with van der Waals surface area (Å²) in [5.41, 5.74) is 0.884. The van der Waals surface area contributed by atoms with E-state index in [0.29, 0.717) is 11.4 Å². The summed E-state index contributed by atoms with van der Waals surface area (Å²) in [5, 5.41) is 9.52. The molecule has 0 radical (unpaired) electrons. The van der Waals surface area contributed by atoms with Crippen LogP contribution in [0.3, 0.4) is 0 Å². The summed E-state index contributed by atoms with van der Waals surface area (Å²) in [4.78, 5) is 3.91. The van der Waals surface area contributed by atoms with Gasteiger partial charge in [-0.3, -0.25) is 4.98 Å². The summed E-state index contributed by atoms with van der Waals surface area (Å²) in [7, 11) is -2.31. The second-order valence-electron chi connectivity index (χ2n) is 4.98. The Hall–Kier alpha value is -1.94. The minimum absolute atomic E-state index is 0.0360. The van der Waals surface area contributed by atoms with E-state index in [0.717, 1.165) is 5.56 Å². The molecule has 2 aromatic rings. The highest BCUT2D eigenvalue weighted by Crippen LogP contribution is 2.30. The van der Waals surface area contributed by atoms with E-state index in [1.807, 2.05) is 13.0 Å². The van der Waals surface area contributed by atoms with Gasteiger partial charge < -0.3 is 0 Å². The first-order valence-electron chi connectivity index (χ1n) is 6.99. The van der Waals surface area contributed by atoms with Gasteiger partial charge in [0.25, 0.3) is 0 Å². The van der Waals surface area contributed by atoms with E-state index in [1.54, 1.807) is 24.5 Å². The van der Waals surface area contributed by atoms with Crippen molar-refractivity contribution in [1.29, 1.82) is 5.26 Å². The number of hydrogen-bond donors (Lipinski definition) is 0. The number of halogens is 1. The van der Waals surface area contributed by atoms with Gasteiger partial charge in [-0.1, -0.05) is 18.5 Å². The number of benzene rings is 1. The van der Waals surface area contributed by atoms with Gasteiger partial charge in [0.15, 0.2) is 0 Å². The number of aromatic nitrogens is 1. The first kappa shape index (κ1) is 17.4. The van der Waals surface area contributed by atoms with Crippen LogP contribution in [0.1, 0.15) is 30.5 Å². The Balaban J connectivity index is 2.49. The van der Waals surface area contributed by atoms with Gasteiger partial charge in [-0.15, -0.1) is 0 Å². The lowest BCUT2D eigenvalue weighted by Gasteiger charge is -2.27. The van der Waals surface area contributed by atoms with Crippen LogP contribution in [0.2, 0.25) is 5.02 Å². The van der Waals surface area contributed by atoms with Crippen molar-refractivity contribution in [1.82, 2.24) is 9.29 Å². The van der Waals surface area contributed by atoms with Crippen molar-refractivity contribution < 1.29 is 8.42 Å². The molecule has 1 heterocycles. The molecule has 1 aromatic heterocycles. The zero-order chi connectivity index (χ0) is 17.0. The van der Waals surface area contributed by atoms with Crippen molar-refractivity contribution in [2.45, 2.75) is 24.3 Å². The van der Waals surface area contributed by atoms with Crippen LogP contribution in [0.15, 0.2) is 47.6 Å². The van der Waals surface area contributed by atoms with Crippen molar-refractivity contribution in [2.75, 3.05) is 7.05 Å². The zero-order valence-corrected chi connectivity index (χ0v) is 14.3. The number of hydrogen-bond acceptors (Lipinski definition) is 4. The van der Waals surface area contributed by atoms with Crippen LogP contribution >= 0.6 is 11.6 Å². The van der Waals surface area contributed by atoms with Crippen molar-refractivity contribution in [2.24, 2.45) is 0 Å². The molecule has 0 fully saturated rings. The standard InChI is InChI=1S/C16H16ClN3O2S/c1-3-15(12-6-8-19-9-7-12)20(2)23(21,22)16-5-4-14(17)10-13(16)11-18/h4-10,15H,3H2,1-2H3/t15-/m0/s1. The number of nitrogens with zero attached hydrogens (tertiary/aromatic N) is 3. The molecule has 0 aliphatic heterocycles. The van der Waals surface area contributed by atoms with Crippen LogP contribution in [0, 0.1) is 11.3 Å². The summed E-state index contributed by atoms with van der Waals surface area (Å²) < 4.78 is 27.1. The van der Waals surface area contributed by atoms with Crippen molar-refractivity contribution in [3.8, 4) is 6.07 Å². The van der Waals surface area contributed by atoms with Gasteiger partial charge in [-0.25, -0.2) is 8.42 Å². The molecule has 120 valence electrons. The SMILES string of the molecule is CC[C@@H](c1ccncc1)N(C)S(=O)(=O)c1ccc(Cl)cc1C#N. The van der Waals surface area contributed by atoms with Gasteiger partial charge >= 0.3 is 0 Å². The lowest BCUT2D eigenvalue weighted by molar-refractivity contribution is 0.366. The normalized spacial score (nSPS) is 12.8. The van der Waals surface area contributed by atoms with Gasteiger partial charge in [0.05, 0.1) is 5.56 Å². The summed E-state index contributed by atoms with van der Waals surface area (Å²) in [6, 6.07) is 9.31. The van der Waals surface area contributed by atoms with Gasteiger partial charge in [0.1, 0.15) is 11.0 Å². The Kier molecular flexibility index (Phi) is 5.37. The van der Waals surface area contributed by atoms with Crippen LogP contribution in [0.5, 0.6) is 0 Å². The van der Waals surface area contributed by atoms with Gasteiger partial charge in [0.2, 0.25) is 10.0 Å². The fourth-order valence-electron chi connectivity index (χ4n) is 2.43. The highest BCUT2D eigenvalue weighted by atomic mass is 35.5. The largest absolute Gasteiger partial charge is 0.265 e. The maximum absolute atomic E-state index is 12.9. The van der Waals surface area contributed by atoms with Crippen LogP contribution in [0.4, 0.5) is 0 Å². The molecule has 0 spiro atoms. The molecule has 0 aliphatic rings. The van der Waals surface area contributed by atoms with E-state index in [9.17, 15) is 13.7 Å². The molecule has 1 atom stereocenters. The lowest BCUT2D eigenvalue weighted by Crippen LogP contribution is -2.31. The lowest BCUT2D eigenvalue weighted by atomic mass is 10.1. The Bertz CT molecular complexity index is 832. The number of rotatable bonds is 5. The Labute approximate surface area is 141 Å². The van der Waals surface area contributed by atoms with Crippen molar-refractivity contribution in [3.05, 3.63) is 58.9 Å². The predicted molar refractivity (Wildman–Crippen MR) is 88.4 cm³/mol. The quantitative estimate of drug-likeness (QED) is 0.829. The van der Waals surface area contributed by atoms with Gasteiger partial charge in [-0.05, 0) is 42.3 Å². The maximum Gasteiger partial charge on any atom is 0.244 e. The first-order valence-corrected chi connectivity index (χ1v) is 8.81. The second-order valence-corrected chi connectivity index (χ2v) is 7.38. The molecule has 7 heteroatoms. The Morgan fingerprint density at radius 2 is 1.96 bits per heavy atom. The van der Waals surface area contributed by atoms with Crippen molar-refractivity contribution in [3.63, 3.8) is 0 Å². The van der Waals surface area contributed by atoms with Crippen LogP contribution in [-0.4, -0.2) is 24.8 Å². The topological polar surface area (TPSA) is 74.1 Å². The molecule has 0 N–H and O–H groups in total. The molecule has 0 saturated carbocycles. The Morgan fingerprint density at radius 1 is 1.30 bits per heavy atom. The molecule has 0 amide bonds. The monoisotopic (exact) mass is 349 g/mol. The highest BCUT2D eigenvalue weighted by Gasteiger charge is 2.30. The van der Waals surface area contributed by atoms with E-state index >= 15 is 0 Å². The second kappa shape index (κ2) is 7.09. The van der Waals surface area contributed by atoms with Gasteiger partial charge in [0, 0.05) is 30.5 Å². The number of pyridine rings is 1. The third kappa shape index (κ3) is 3.53. The number of nitriles is 1. The molecule has 23 heavy (non-hydrogen) atoms. The third-order valence-electron chi connectivity index (χ3n) is 3.64. The molecule has 0 saturated heterocycles. The van der Waals surface area contributed by atoms with Crippen LogP contribution in [-0.2, 0) is 10.0 Å². The molecular weight excluding hydrogens is 334 g/mol. The van der Waals surface area contributed by atoms with E-state index in [4.69, 9.17) is 11.6 Å². The molecule has 2 rings (SSSR count). The van der Waals surface area contributed by atoms with Crippen LogP contribution < -0.4 is 0 Å². The molecular formula is C16H16ClN3O2S. The fraction of sp³-hybridized carbons (Fsp3) is 0.250. The molecule has 0 bridgehead atoms. The minimum Gasteiger partial charge on any atom is -0.265 e. The molecule has 0 unspecified atom stereocenters. The average Bonchev–Trinajstić information content (AvgIpc) is 2.56. The van der Waals surface area contributed by atoms with E-state index in [-0.39, 0.29) is 16.5 Å². The zero-order valence-electron chi connectivity index (χ0n) is 12.8. The van der Waals surface area contributed by atoms with E-state index in [2.05, 4.69) is 4.98 Å². The van der Waals surface area contributed by atoms with E-state index in [1.165, 1.54) is 29.6 Å². The smallest absolute Gasteiger partial charge is 0.244 e. The predicted octanol–water partition coefficient (Wildman–Crippen LogP) is 3.38. The summed E-state index contributed by atoms with van der Waals surface area (Å²) >= 11 is 5.84. The minimum atomic E-state index is -3.83. The average molecular weight is 350 g/mol. The van der Waals surface area contributed by atoms with Crippen molar-refractivity contribution >= 4 is 21.6 Å². The summed E-state index contributed by atoms with van der Waals surface area (Å²) in [6.45, 7) is 1.91. The molecule has 5 nitrogen and oxygen atoms in total. The molecule has 0 aliphatic carbocycles. The highest BCUT2D eigenvalue weighted by molar-refractivity contribution is 7.89. The van der Waals surface area contributed by atoms with Crippen LogP contribution in [0.25, 0.3) is 0 Å². The van der Waals surface area contributed by atoms with Gasteiger partial charge in [-0.2, -0.15) is 9.57 Å².